The highest BCUT2D eigenvalue weighted by Gasteiger charge is 2.12. The van der Waals surface area contributed by atoms with Crippen LogP contribution in [0.3, 0.4) is 0 Å². The average molecular weight is 280 g/mol. The molecule has 1 heterocycles. The molecule has 0 aliphatic rings. The number of hydrogen-bond donors (Lipinski definition) is 1. The molecule has 1 atom stereocenters. The summed E-state index contributed by atoms with van der Waals surface area (Å²) in [7, 11) is 0. The van der Waals surface area contributed by atoms with Crippen molar-refractivity contribution < 1.29 is 18.8 Å². The van der Waals surface area contributed by atoms with Gasteiger partial charge in [0.05, 0.1) is 6.10 Å². The maximum atomic E-state index is 13.2. The molecule has 0 fully saturated rings. The molecule has 0 spiro atoms. The number of hydrogen-bond acceptors (Lipinski definition) is 5. The molecule has 1 unspecified atom stereocenters. The Hall–Kier alpha value is -1.95. The Balaban J connectivity index is 2.06. The Labute approximate surface area is 116 Å². The molecular formula is C14H17FN2O3. The maximum Gasteiger partial charge on any atom is 0.226 e. The molecule has 0 bridgehead atoms. The van der Waals surface area contributed by atoms with Crippen molar-refractivity contribution in [3.8, 4) is 5.75 Å². The molecule has 5 nitrogen and oxygen atoms in total. The minimum absolute atomic E-state index is 0.110. The van der Waals surface area contributed by atoms with Gasteiger partial charge in [-0.1, -0.05) is 12.1 Å². The topological polar surface area (TPSA) is 68.4 Å². The Bertz CT molecular complexity index is 569. The van der Waals surface area contributed by atoms with Crippen molar-refractivity contribution in [2.24, 2.45) is 0 Å². The number of rotatable bonds is 6. The molecule has 0 aliphatic heterocycles. The molecule has 0 aliphatic carbocycles. The van der Waals surface area contributed by atoms with Crippen LogP contribution in [0.15, 0.2) is 22.7 Å². The van der Waals surface area contributed by atoms with Crippen molar-refractivity contribution in [1.29, 1.82) is 0 Å². The average Bonchev–Trinajstić information content (AvgIpc) is 2.85. The minimum atomic E-state index is -0.818. The zero-order valence-electron chi connectivity index (χ0n) is 11.5. The summed E-state index contributed by atoms with van der Waals surface area (Å²) in [6, 6.07) is 4.00. The SMILES string of the molecule is CCCc1nc(COc2ccc(F)cc2C(C)O)no1. The molecule has 0 saturated heterocycles. The fraction of sp³-hybridized carbons (Fsp3) is 0.429. The van der Waals surface area contributed by atoms with Crippen LogP contribution < -0.4 is 4.74 Å². The quantitative estimate of drug-likeness (QED) is 0.881. The second-order valence-corrected chi connectivity index (χ2v) is 4.50. The third-order valence-electron chi connectivity index (χ3n) is 2.75. The summed E-state index contributed by atoms with van der Waals surface area (Å²) in [5.74, 6) is 0.983. The standard InChI is InChI=1S/C14H17FN2O3/c1-3-4-14-16-13(17-20-14)8-19-12-6-5-10(15)7-11(12)9(2)18/h5-7,9,18H,3-4,8H2,1-2H3. The molecule has 0 radical (unpaired) electrons. The molecular weight excluding hydrogens is 263 g/mol. The van der Waals surface area contributed by atoms with Crippen LogP contribution >= 0.6 is 0 Å². The van der Waals surface area contributed by atoms with E-state index >= 15 is 0 Å². The lowest BCUT2D eigenvalue weighted by atomic mass is 10.1. The fourth-order valence-corrected chi connectivity index (χ4v) is 1.78. The highest BCUT2D eigenvalue weighted by Crippen LogP contribution is 2.26. The highest BCUT2D eigenvalue weighted by atomic mass is 19.1. The first-order chi connectivity index (χ1) is 9.60. The van der Waals surface area contributed by atoms with Crippen LogP contribution in [0.2, 0.25) is 0 Å². The van der Waals surface area contributed by atoms with E-state index in [1.807, 2.05) is 6.92 Å². The van der Waals surface area contributed by atoms with Gasteiger partial charge in [-0.25, -0.2) is 4.39 Å². The van der Waals surface area contributed by atoms with Gasteiger partial charge in [-0.3, -0.25) is 0 Å². The zero-order valence-corrected chi connectivity index (χ0v) is 11.5. The van der Waals surface area contributed by atoms with Gasteiger partial charge >= 0.3 is 0 Å². The molecule has 1 aromatic carbocycles. The summed E-state index contributed by atoms with van der Waals surface area (Å²) in [5.41, 5.74) is 0.391. The van der Waals surface area contributed by atoms with Crippen LogP contribution in [-0.4, -0.2) is 15.2 Å². The summed E-state index contributed by atoms with van der Waals surface area (Å²) < 4.78 is 23.7. The van der Waals surface area contributed by atoms with E-state index in [-0.39, 0.29) is 6.61 Å². The van der Waals surface area contributed by atoms with Crippen molar-refractivity contribution in [2.45, 2.75) is 39.4 Å². The van der Waals surface area contributed by atoms with Gasteiger partial charge in [-0.05, 0) is 31.5 Å². The van der Waals surface area contributed by atoms with Crippen LogP contribution in [0.4, 0.5) is 4.39 Å². The largest absolute Gasteiger partial charge is 0.485 e. The van der Waals surface area contributed by atoms with Gasteiger partial charge in [0.25, 0.3) is 0 Å². The monoisotopic (exact) mass is 280 g/mol. The number of aliphatic hydroxyl groups is 1. The van der Waals surface area contributed by atoms with Crippen LogP contribution in [0.5, 0.6) is 5.75 Å². The molecule has 2 aromatic rings. The third kappa shape index (κ3) is 3.54. The van der Waals surface area contributed by atoms with Crippen molar-refractivity contribution in [3.05, 3.63) is 41.3 Å². The van der Waals surface area contributed by atoms with E-state index in [9.17, 15) is 9.50 Å². The van der Waals surface area contributed by atoms with Crippen LogP contribution in [-0.2, 0) is 13.0 Å². The lowest BCUT2D eigenvalue weighted by Crippen LogP contribution is -2.03. The molecule has 108 valence electrons. The lowest BCUT2D eigenvalue weighted by molar-refractivity contribution is 0.188. The summed E-state index contributed by atoms with van der Waals surface area (Å²) in [6.45, 7) is 3.68. The Morgan fingerprint density at radius 3 is 2.95 bits per heavy atom. The molecule has 2 rings (SSSR count). The van der Waals surface area contributed by atoms with E-state index in [4.69, 9.17) is 9.26 Å². The predicted octanol–water partition coefficient (Wildman–Crippen LogP) is 2.79. The number of aryl methyl sites for hydroxylation is 1. The summed E-state index contributed by atoms with van der Waals surface area (Å²) in [4.78, 5) is 4.17. The van der Waals surface area contributed by atoms with Gasteiger partial charge in [0.2, 0.25) is 11.7 Å². The van der Waals surface area contributed by atoms with Crippen LogP contribution in [0.1, 0.15) is 43.7 Å². The fourth-order valence-electron chi connectivity index (χ4n) is 1.78. The van der Waals surface area contributed by atoms with E-state index in [1.165, 1.54) is 18.2 Å². The molecule has 0 saturated carbocycles. The lowest BCUT2D eigenvalue weighted by Gasteiger charge is -2.12. The van der Waals surface area contributed by atoms with E-state index in [1.54, 1.807) is 6.92 Å². The van der Waals surface area contributed by atoms with Gasteiger partial charge in [0.1, 0.15) is 11.6 Å². The van der Waals surface area contributed by atoms with Crippen molar-refractivity contribution in [1.82, 2.24) is 10.1 Å². The first-order valence-corrected chi connectivity index (χ1v) is 6.52. The summed E-state index contributed by atoms with van der Waals surface area (Å²) >= 11 is 0. The number of aromatic nitrogens is 2. The predicted molar refractivity (Wildman–Crippen MR) is 69.7 cm³/mol. The number of aliphatic hydroxyl groups excluding tert-OH is 1. The normalized spacial score (nSPS) is 12.4. The van der Waals surface area contributed by atoms with E-state index < -0.39 is 11.9 Å². The molecule has 0 amide bonds. The van der Waals surface area contributed by atoms with E-state index in [0.29, 0.717) is 23.0 Å². The molecule has 6 heteroatoms. The number of ether oxygens (including phenoxy) is 1. The Kier molecular flexibility index (Phi) is 4.68. The van der Waals surface area contributed by atoms with Gasteiger partial charge < -0.3 is 14.4 Å². The van der Waals surface area contributed by atoms with Crippen LogP contribution in [0, 0.1) is 5.82 Å². The van der Waals surface area contributed by atoms with Gasteiger partial charge in [-0.15, -0.1) is 0 Å². The third-order valence-corrected chi connectivity index (χ3v) is 2.75. The second kappa shape index (κ2) is 6.47. The van der Waals surface area contributed by atoms with E-state index in [2.05, 4.69) is 10.1 Å². The van der Waals surface area contributed by atoms with Gasteiger partial charge in [0.15, 0.2) is 6.61 Å². The summed E-state index contributed by atoms with van der Waals surface area (Å²) in [5, 5.41) is 13.4. The van der Waals surface area contributed by atoms with Gasteiger partial charge in [0, 0.05) is 12.0 Å². The minimum Gasteiger partial charge on any atom is -0.485 e. The number of halogens is 1. The number of nitrogens with zero attached hydrogens (tertiary/aromatic N) is 2. The van der Waals surface area contributed by atoms with Crippen molar-refractivity contribution >= 4 is 0 Å². The molecule has 20 heavy (non-hydrogen) atoms. The summed E-state index contributed by atoms with van der Waals surface area (Å²) in [6.07, 6.45) is 0.830. The number of benzene rings is 1. The first kappa shape index (κ1) is 14.5. The first-order valence-electron chi connectivity index (χ1n) is 6.52. The Morgan fingerprint density at radius 2 is 2.25 bits per heavy atom. The zero-order chi connectivity index (χ0) is 14.5. The van der Waals surface area contributed by atoms with Gasteiger partial charge in [-0.2, -0.15) is 4.98 Å². The second-order valence-electron chi connectivity index (χ2n) is 4.50. The molecule has 1 aromatic heterocycles. The maximum absolute atomic E-state index is 13.2. The Morgan fingerprint density at radius 1 is 1.45 bits per heavy atom. The van der Waals surface area contributed by atoms with E-state index in [0.717, 1.165) is 12.8 Å². The van der Waals surface area contributed by atoms with Crippen molar-refractivity contribution in [2.75, 3.05) is 0 Å². The smallest absolute Gasteiger partial charge is 0.226 e. The highest BCUT2D eigenvalue weighted by molar-refractivity contribution is 5.35. The molecule has 1 N–H and O–H groups in total. The van der Waals surface area contributed by atoms with Crippen molar-refractivity contribution in [3.63, 3.8) is 0 Å². The van der Waals surface area contributed by atoms with Crippen LogP contribution in [0.25, 0.3) is 0 Å².